The van der Waals surface area contributed by atoms with Crippen molar-refractivity contribution in [2.45, 2.75) is 6.42 Å². The van der Waals surface area contributed by atoms with Gasteiger partial charge in [0.1, 0.15) is 5.15 Å². The third-order valence-corrected chi connectivity index (χ3v) is 2.49. The number of nitro groups is 1. The van der Waals surface area contributed by atoms with Crippen LogP contribution in [0.1, 0.15) is 5.69 Å². The van der Waals surface area contributed by atoms with E-state index in [9.17, 15) is 10.1 Å². The molecule has 0 aliphatic carbocycles. The van der Waals surface area contributed by atoms with Crippen LogP contribution in [0, 0.1) is 10.1 Å². The molecule has 0 spiro atoms. The fourth-order valence-corrected chi connectivity index (χ4v) is 1.64. The van der Waals surface area contributed by atoms with Crippen molar-refractivity contribution >= 4 is 17.3 Å². The maximum Gasteiger partial charge on any atom is 0.277 e. The summed E-state index contributed by atoms with van der Waals surface area (Å²) in [5.74, 6) is 0.134. The molecule has 0 amide bonds. The topological polar surface area (TPSA) is 78.2 Å². The van der Waals surface area contributed by atoms with Gasteiger partial charge in [-0.3, -0.25) is 15.1 Å². The SMILES string of the molecule is O=[N+]([O-])c1cc(Cl)nc(OCCc2ccccn2)c1. The maximum atomic E-state index is 10.7. The van der Waals surface area contributed by atoms with Gasteiger partial charge < -0.3 is 4.74 Å². The third-order valence-electron chi connectivity index (χ3n) is 2.30. The Labute approximate surface area is 114 Å². The fraction of sp³-hybridized carbons (Fsp3) is 0.167. The molecule has 0 atom stereocenters. The first-order chi connectivity index (χ1) is 9.15. The lowest BCUT2D eigenvalue weighted by Gasteiger charge is -2.05. The number of nitrogens with zero attached hydrogens (tertiary/aromatic N) is 3. The lowest BCUT2D eigenvalue weighted by molar-refractivity contribution is -0.385. The summed E-state index contributed by atoms with van der Waals surface area (Å²) in [6.45, 7) is 0.321. The zero-order valence-corrected chi connectivity index (χ0v) is 10.6. The second-order valence-corrected chi connectivity index (χ2v) is 4.05. The standard InChI is InChI=1S/C12H10ClN3O3/c13-11-7-10(16(17)18)8-12(15-11)19-6-4-9-3-1-2-5-14-9/h1-3,5,7-8H,4,6H2. The van der Waals surface area contributed by atoms with Crippen LogP contribution in [0.4, 0.5) is 5.69 Å². The molecular weight excluding hydrogens is 270 g/mol. The lowest BCUT2D eigenvalue weighted by atomic mass is 10.3. The molecule has 2 rings (SSSR count). The van der Waals surface area contributed by atoms with Gasteiger partial charge >= 0.3 is 0 Å². The van der Waals surface area contributed by atoms with Gasteiger partial charge in [-0.1, -0.05) is 17.7 Å². The van der Waals surface area contributed by atoms with Gasteiger partial charge in [-0.25, -0.2) is 4.98 Å². The molecule has 6 nitrogen and oxygen atoms in total. The van der Waals surface area contributed by atoms with Crippen molar-refractivity contribution in [2.24, 2.45) is 0 Å². The van der Waals surface area contributed by atoms with Crippen molar-refractivity contribution in [1.29, 1.82) is 0 Å². The average Bonchev–Trinajstić information content (AvgIpc) is 2.39. The summed E-state index contributed by atoms with van der Waals surface area (Å²) in [5, 5.41) is 10.7. The summed E-state index contributed by atoms with van der Waals surface area (Å²) in [6, 6.07) is 7.99. The largest absolute Gasteiger partial charge is 0.477 e. The molecule has 19 heavy (non-hydrogen) atoms. The maximum absolute atomic E-state index is 10.7. The Bertz CT molecular complexity index is 578. The molecule has 2 aromatic heterocycles. The molecule has 0 radical (unpaired) electrons. The van der Waals surface area contributed by atoms with Crippen molar-refractivity contribution in [1.82, 2.24) is 9.97 Å². The Morgan fingerprint density at radius 2 is 2.21 bits per heavy atom. The van der Waals surface area contributed by atoms with Gasteiger partial charge in [0.15, 0.2) is 0 Å². The summed E-state index contributed by atoms with van der Waals surface area (Å²) in [4.78, 5) is 18.1. The zero-order valence-electron chi connectivity index (χ0n) is 9.82. The van der Waals surface area contributed by atoms with E-state index >= 15 is 0 Å². The van der Waals surface area contributed by atoms with Crippen LogP contribution < -0.4 is 4.74 Å². The first-order valence-electron chi connectivity index (χ1n) is 5.50. The molecule has 0 saturated heterocycles. The van der Waals surface area contributed by atoms with Gasteiger partial charge in [-0.2, -0.15) is 0 Å². The summed E-state index contributed by atoms with van der Waals surface area (Å²) in [6.07, 6.45) is 2.28. The average molecular weight is 280 g/mol. The van der Waals surface area contributed by atoms with E-state index in [2.05, 4.69) is 9.97 Å². The Kier molecular flexibility index (Phi) is 4.25. The summed E-state index contributed by atoms with van der Waals surface area (Å²) >= 11 is 5.68. The Hall–Kier alpha value is -2.21. The minimum Gasteiger partial charge on any atom is -0.477 e. The molecule has 0 bridgehead atoms. The molecule has 0 saturated carbocycles. The molecular formula is C12H10ClN3O3. The number of hydrogen-bond acceptors (Lipinski definition) is 5. The second-order valence-electron chi connectivity index (χ2n) is 3.66. The highest BCUT2D eigenvalue weighted by atomic mass is 35.5. The first-order valence-corrected chi connectivity index (χ1v) is 5.87. The van der Waals surface area contributed by atoms with Crippen molar-refractivity contribution < 1.29 is 9.66 Å². The van der Waals surface area contributed by atoms with Crippen LogP contribution in [0.25, 0.3) is 0 Å². The molecule has 0 aliphatic heterocycles. The number of hydrogen-bond donors (Lipinski definition) is 0. The van der Waals surface area contributed by atoms with E-state index in [-0.39, 0.29) is 16.7 Å². The van der Waals surface area contributed by atoms with Crippen molar-refractivity contribution in [3.05, 3.63) is 57.5 Å². The van der Waals surface area contributed by atoms with Crippen molar-refractivity contribution in [3.8, 4) is 5.88 Å². The van der Waals surface area contributed by atoms with Crippen LogP contribution in [-0.4, -0.2) is 21.5 Å². The van der Waals surface area contributed by atoms with E-state index in [0.717, 1.165) is 5.69 Å². The number of halogens is 1. The molecule has 0 fully saturated rings. The number of ether oxygens (including phenoxy) is 1. The second kappa shape index (κ2) is 6.10. The van der Waals surface area contributed by atoms with Gasteiger partial charge in [-0.05, 0) is 12.1 Å². The normalized spacial score (nSPS) is 10.2. The fourth-order valence-electron chi connectivity index (χ4n) is 1.45. The van der Waals surface area contributed by atoms with E-state index in [1.807, 2.05) is 18.2 Å². The minimum absolute atomic E-state index is 0.0297. The highest BCUT2D eigenvalue weighted by Gasteiger charge is 2.11. The van der Waals surface area contributed by atoms with E-state index in [4.69, 9.17) is 16.3 Å². The van der Waals surface area contributed by atoms with E-state index in [0.29, 0.717) is 13.0 Å². The number of rotatable bonds is 5. The van der Waals surface area contributed by atoms with Gasteiger partial charge in [-0.15, -0.1) is 0 Å². The van der Waals surface area contributed by atoms with E-state index in [1.54, 1.807) is 6.20 Å². The van der Waals surface area contributed by atoms with E-state index in [1.165, 1.54) is 12.1 Å². The molecule has 0 aromatic carbocycles. The summed E-state index contributed by atoms with van der Waals surface area (Å²) in [5.41, 5.74) is 0.729. The summed E-state index contributed by atoms with van der Waals surface area (Å²) in [7, 11) is 0. The predicted octanol–water partition coefficient (Wildman–Crippen LogP) is 2.66. The van der Waals surface area contributed by atoms with E-state index < -0.39 is 4.92 Å². The van der Waals surface area contributed by atoms with Crippen LogP contribution in [0.3, 0.4) is 0 Å². The number of aromatic nitrogens is 2. The molecule has 2 heterocycles. The highest BCUT2D eigenvalue weighted by molar-refractivity contribution is 6.29. The van der Waals surface area contributed by atoms with Crippen LogP contribution in [0.15, 0.2) is 36.5 Å². The Morgan fingerprint density at radius 3 is 2.89 bits per heavy atom. The number of pyridine rings is 2. The minimum atomic E-state index is -0.542. The monoisotopic (exact) mass is 279 g/mol. The predicted molar refractivity (Wildman–Crippen MR) is 69.3 cm³/mol. The molecule has 0 unspecified atom stereocenters. The van der Waals surface area contributed by atoms with Gasteiger partial charge in [0.25, 0.3) is 5.69 Å². The first kappa shape index (κ1) is 13.2. The molecule has 2 aromatic rings. The quantitative estimate of drug-likeness (QED) is 0.478. The van der Waals surface area contributed by atoms with Crippen LogP contribution in [-0.2, 0) is 6.42 Å². The molecule has 7 heteroatoms. The van der Waals surface area contributed by atoms with Crippen molar-refractivity contribution in [3.63, 3.8) is 0 Å². The van der Waals surface area contributed by atoms with Crippen LogP contribution in [0.5, 0.6) is 5.88 Å². The molecule has 0 N–H and O–H groups in total. The van der Waals surface area contributed by atoms with Gasteiger partial charge in [0, 0.05) is 18.3 Å². The van der Waals surface area contributed by atoms with Gasteiger partial charge in [0.05, 0.1) is 23.7 Å². The Morgan fingerprint density at radius 1 is 1.37 bits per heavy atom. The van der Waals surface area contributed by atoms with Gasteiger partial charge in [0.2, 0.25) is 5.88 Å². The Balaban J connectivity index is 1.98. The summed E-state index contributed by atoms with van der Waals surface area (Å²) < 4.78 is 5.34. The molecule has 0 aliphatic rings. The highest BCUT2D eigenvalue weighted by Crippen LogP contribution is 2.21. The zero-order chi connectivity index (χ0) is 13.7. The smallest absolute Gasteiger partial charge is 0.277 e. The van der Waals surface area contributed by atoms with Crippen LogP contribution >= 0.6 is 11.6 Å². The lowest BCUT2D eigenvalue weighted by Crippen LogP contribution is -2.04. The van der Waals surface area contributed by atoms with Crippen LogP contribution in [0.2, 0.25) is 5.15 Å². The molecule has 98 valence electrons. The third kappa shape index (κ3) is 3.89. The van der Waals surface area contributed by atoms with Crippen molar-refractivity contribution in [2.75, 3.05) is 6.61 Å².